The average molecular weight is 206 g/mol. The average Bonchev–Trinajstić information content (AvgIpc) is 2.82. The van der Waals surface area contributed by atoms with Gasteiger partial charge in [0.15, 0.2) is 0 Å². The van der Waals surface area contributed by atoms with Crippen molar-refractivity contribution in [2.75, 3.05) is 0 Å². The topological polar surface area (TPSA) is 66.7 Å². The Balaban J connectivity index is 1.89. The number of rotatable bonds is 4. The standard InChI is InChI=1S/C10H14N4O/c1-7-10(8(2)15-14-7)6-11-3-9-4-12-13-5-9/h4-5,11H,3,6H2,1-2H3,(H,12,13). The van der Waals surface area contributed by atoms with E-state index in [-0.39, 0.29) is 0 Å². The SMILES string of the molecule is Cc1noc(C)c1CNCc1cn[nH]c1. The van der Waals surface area contributed by atoms with E-state index in [1.807, 2.05) is 20.0 Å². The first-order valence-electron chi connectivity index (χ1n) is 4.87. The van der Waals surface area contributed by atoms with Crippen molar-refractivity contribution in [3.8, 4) is 0 Å². The van der Waals surface area contributed by atoms with Gasteiger partial charge in [0.25, 0.3) is 0 Å². The molecule has 80 valence electrons. The molecule has 0 aromatic carbocycles. The zero-order valence-electron chi connectivity index (χ0n) is 8.87. The zero-order valence-corrected chi connectivity index (χ0v) is 8.87. The van der Waals surface area contributed by atoms with Gasteiger partial charge in [0.1, 0.15) is 5.76 Å². The van der Waals surface area contributed by atoms with E-state index in [1.54, 1.807) is 6.20 Å². The van der Waals surface area contributed by atoms with Crippen LogP contribution in [0.4, 0.5) is 0 Å². The molecule has 2 aromatic rings. The van der Waals surface area contributed by atoms with Crippen LogP contribution in [0.25, 0.3) is 0 Å². The number of aromatic nitrogens is 3. The summed E-state index contributed by atoms with van der Waals surface area (Å²) in [7, 11) is 0. The van der Waals surface area contributed by atoms with Gasteiger partial charge in [0.05, 0.1) is 11.9 Å². The van der Waals surface area contributed by atoms with E-state index in [1.165, 1.54) is 0 Å². The van der Waals surface area contributed by atoms with E-state index >= 15 is 0 Å². The molecule has 0 unspecified atom stereocenters. The lowest BCUT2D eigenvalue weighted by Crippen LogP contribution is -2.13. The largest absolute Gasteiger partial charge is 0.361 e. The fourth-order valence-electron chi connectivity index (χ4n) is 1.46. The normalized spacial score (nSPS) is 10.8. The fraction of sp³-hybridized carbons (Fsp3) is 0.400. The lowest BCUT2D eigenvalue weighted by molar-refractivity contribution is 0.392. The molecule has 0 aliphatic rings. The molecule has 0 aliphatic heterocycles. The molecule has 2 N–H and O–H groups in total. The smallest absolute Gasteiger partial charge is 0.138 e. The predicted octanol–water partition coefficient (Wildman–Crippen LogP) is 1.30. The molecule has 2 rings (SSSR count). The molecule has 2 aromatic heterocycles. The number of H-pyrrole nitrogens is 1. The number of aromatic amines is 1. The van der Waals surface area contributed by atoms with Gasteiger partial charge in [-0.05, 0) is 13.8 Å². The van der Waals surface area contributed by atoms with Gasteiger partial charge in [0.2, 0.25) is 0 Å². The molecule has 0 aliphatic carbocycles. The van der Waals surface area contributed by atoms with Crippen LogP contribution >= 0.6 is 0 Å². The molecule has 0 saturated carbocycles. The summed E-state index contributed by atoms with van der Waals surface area (Å²) in [6.45, 7) is 5.44. The highest BCUT2D eigenvalue weighted by atomic mass is 16.5. The summed E-state index contributed by atoms with van der Waals surface area (Å²) in [6.07, 6.45) is 3.68. The van der Waals surface area contributed by atoms with Crippen molar-refractivity contribution < 1.29 is 4.52 Å². The van der Waals surface area contributed by atoms with Crippen LogP contribution in [0, 0.1) is 13.8 Å². The lowest BCUT2D eigenvalue weighted by Gasteiger charge is -2.01. The van der Waals surface area contributed by atoms with Gasteiger partial charge in [-0.1, -0.05) is 5.16 Å². The monoisotopic (exact) mass is 206 g/mol. The maximum absolute atomic E-state index is 5.07. The van der Waals surface area contributed by atoms with Crippen LogP contribution in [0.15, 0.2) is 16.9 Å². The lowest BCUT2D eigenvalue weighted by atomic mass is 10.2. The van der Waals surface area contributed by atoms with Gasteiger partial charge in [0, 0.05) is 30.4 Å². The Morgan fingerprint density at radius 2 is 2.27 bits per heavy atom. The summed E-state index contributed by atoms with van der Waals surface area (Å²) in [4.78, 5) is 0. The maximum Gasteiger partial charge on any atom is 0.138 e. The molecule has 0 atom stereocenters. The molecule has 0 bridgehead atoms. The van der Waals surface area contributed by atoms with Gasteiger partial charge in [-0.25, -0.2) is 0 Å². The first-order chi connectivity index (χ1) is 7.27. The third-order valence-electron chi connectivity index (χ3n) is 2.37. The predicted molar refractivity (Wildman–Crippen MR) is 55.1 cm³/mol. The van der Waals surface area contributed by atoms with Gasteiger partial charge in [-0.3, -0.25) is 5.10 Å². The Morgan fingerprint density at radius 3 is 2.87 bits per heavy atom. The van der Waals surface area contributed by atoms with E-state index in [0.29, 0.717) is 0 Å². The van der Waals surface area contributed by atoms with Crippen LogP contribution in [-0.2, 0) is 13.1 Å². The fourth-order valence-corrected chi connectivity index (χ4v) is 1.46. The zero-order chi connectivity index (χ0) is 10.7. The Morgan fingerprint density at radius 1 is 1.40 bits per heavy atom. The minimum absolute atomic E-state index is 0.770. The number of nitrogens with one attached hydrogen (secondary N) is 2. The summed E-state index contributed by atoms with van der Waals surface area (Å²) >= 11 is 0. The minimum Gasteiger partial charge on any atom is -0.361 e. The van der Waals surface area contributed by atoms with Crippen molar-refractivity contribution in [3.05, 3.63) is 35.0 Å². The van der Waals surface area contributed by atoms with Crippen molar-refractivity contribution >= 4 is 0 Å². The van der Waals surface area contributed by atoms with E-state index in [2.05, 4.69) is 20.7 Å². The van der Waals surface area contributed by atoms with E-state index < -0.39 is 0 Å². The highest BCUT2D eigenvalue weighted by Gasteiger charge is 2.07. The van der Waals surface area contributed by atoms with Crippen LogP contribution in [0.3, 0.4) is 0 Å². The van der Waals surface area contributed by atoms with E-state index in [9.17, 15) is 0 Å². The molecular weight excluding hydrogens is 192 g/mol. The summed E-state index contributed by atoms with van der Waals surface area (Å²) in [6, 6.07) is 0. The van der Waals surface area contributed by atoms with Gasteiger partial charge >= 0.3 is 0 Å². The van der Waals surface area contributed by atoms with Crippen molar-refractivity contribution in [1.29, 1.82) is 0 Å². The minimum atomic E-state index is 0.770. The molecule has 0 spiro atoms. The van der Waals surface area contributed by atoms with Crippen LogP contribution in [-0.4, -0.2) is 15.4 Å². The molecule has 5 nitrogen and oxygen atoms in total. The number of nitrogens with zero attached hydrogens (tertiary/aromatic N) is 2. The first-order valence-corrected chi connectivity index (χ1v) is 4.87. The Bertz CT molecular complexity index is 399. The summed E-state index contributed by atoms with van der Waals surface area (Å²) in [5.74, 6) is 0.882. The second kappa shape index (κ2) is 4.27. The van der Waals surface area contributed by atoms with Crippen LogP contribution in [0.2, 0.25) is 0 Å². The van der Waals surface area contributed by atoms with Crippen molar-refractivity contribution in [1.82, 2.24) is 20.7 Å². The van der Waals surface area contributed by atoms with E-state index in [4.69, 9.17) is 4.52 Å². The van der Waals surface area contributed by atoms with E-state index in [0.717, 1.165) is 35.7 Å². The van der Waals surface area contributed by atoms with Crippen molar-refractivity contribution in [2.45, 2.75) is 26.9 Å². The third-order valence-corrected chi connectivity index (χ3v) is 2.37. The number of aryl methyl sites for hydroxylation is 2. The molecular formula is C10H14N4O. The Hall–Kier alpha value is -1.62. The highest BCUT2D eigenvalue weighted by molar-refractivity contribution is 5.20. The Labute approximate surface area is 87.9 Å². The molecule has 0 fully saturated rings. The van der Waals surface area contributed by atoms with Crippen LogP contribution in [0.1, 0.15) is 22.6 Å². The van der Waals surface area contributed by atoms with Gasteiger partial charge in [-0.15, -0.1) is 0 Å². The summed E-state index contributed by atoms with van der Waals surface area (Å²) in [5, 5.41) is 13.9. The number of hydrogen-bond acceptors (Lipinski definition) is 4. The first kappa shape index (κ1) is 9.92. The molecule has 15 heavy (non-hydrogen) atoms. The van der Waals surface area contributed by atoms with Gasteiger partial charge in [-0.2, -0.15) is 5.10 Å². The van der Waals surface area contributed by atoms with Crippen molar-refractivity contribution in [3.63, 3.8) is 0 Å². The van der Waals surface area contributed by atoms with Crippen LogP contribution < -0.4 is 5.32 Å². The van der Waals surface area contributed by atoms with Crippen molar-refractivity contribution in [2.24, 2.45) is 0 Å². The highest BCUT2D eigenvalue weighted by Crippen LogP contribution is 2.11. The summed E-state index contributed by atoms with van der Waals surface area (Å²) < 4.78 is 5.07. The molecule has 5 heteroatoms. The Kier molecular flexibility index (Phi) is 2.82. The second-order valence-electron chi connectivity index (χ2n) is 3.51. The van der Waals surface area contributed by atoms with Crippen LogP contribution in [0.5, 0.6) is 0 Å². The molecule has 0 amide bonds. The van der Waals surface area contributed by atoms with Gasteiger partial charge < -0.3 is 9.84 Å². The molecule has 0 radical (unpaired) electrons. The molecule has 0 saturated heterocycles. The third kappa shape index (κ3) is 2.24. The maximum atomic E-state index is 5.07. The summed E-state index contributed by atoms with van der Waals surface area (Å²) in [5.41, 5.74) is 3.23. The second-order valence-corrected chi connectivity index (χ2v) is 3.51. The quantitative estimate of drug-likeness (QED) is 0.791. The molecule has 2 heterocycles. The number of hydrogen-bond donors (Lipinski definition) is 2.